The van der Waals surface area contributed by atoms with Crippen molar-refractivity contribution in [1.29, 1.82) is 0 Å². The molecule has 3 aromatic carbocycles. The molecule has 0 fully saturated rings. The third kappa shape index (κ3) is 11.2. The first-order valence-corrected chi connectivity index (χ1v) is 16.4. The first-order valence-electron chi connectivity index (χ1n) is 16.4. The van der Waals surface area contributed by atoms with Crippen molar-refractivity contribution < 1.29 is 19.1 Å². The lowest BCUT2D eigenvalue weighted by atomic mass is 9.96. The Labute approximate surface area is 270 Å². The summed E-state index contributed by atoms with van der Waals surface area (Å²) in [5.41, 5.74) is 2.71. The van der Waals surface area contributed by atoms with E-state index < -0.39 is 23.8 Å². The zero-order valence-corrected chi connectivity index (χ0v) is 28.5. The molecule has 244 valence electrons. The van der Waals surface area contributed by atoms with Gasteiger partial charge in [-0.05, 0) is 81.8 Å². The van der Waals surface area contributed by atoms with Crippen LogP contribution in [0.4, 0.5) is 10.5 Å². The van der Waals surface area contributed by atoms with E-state index >= 15 is 0 Å². The van der Waals surface area contributed by atoms with Crippen LogP contribution < -0.4 is 10.6 Å². The van der Waals surface area contributed by atoms with Gasteiger partial charge in [0.05, 0.1) is 0 Å². The summed E-state index contributed by atoms with van der Waals surface area (Å²) in [4.78, 5) is 43.6. The third-order valence-electron chi connectivity index (χ3n) is 7.62. The van der Waals surface area contributed by atoms with E-state index in [4.69, 9.17) is 4.74 Å². The quantitative estimate of drug-likeness (QED) is 0.177. The molecule has 0 radical (unpaired) electrons. The first kappa shape index (κ1) is 35.6. The lowest BCUT2D eigenvalue weighted by Crippen LogP contribution is -2.53. The van der Waals surface area contributed by atoms with Crippen LogP contribution in [0.2, 0.25) is 0 Å². The summed E-state index contributed by atoms with van der Waals surface area (Å²) in [5.74, 6) is -0.466. The van der Waals surface area contributed by atoms with Crippen molar-refractivity contribution in [2.24, 2.45) is 5.92 Å². The summed E-state index contributed by atoms with van der Waals surface area (Å²) in [7, 11) is 0. The number of rotatable bonds is 14. The molecule has 0 aliphatic rings. The van der Waals surface area contributed by atoms with Crippen LogP contribution in [0.1, 0.15) is 103 Å². The van der Waals surface area contributed by atoms with Crippen molar-refractivity contribution in [3.8, 4) is 0 Å². The van der Waals surface area contributed by atoms with Gasteiger partial charge in [-0.2, -0.15) is 0 Å². The molecule has 3 aromatic rings. The van der Waals surface area contributed by atoms with E-state index in [2.05, 4.69) is 23.6 Å². The average molecular weight is 616 g/mol. The number of ether oxygens (including phenoxy) is 1. The molecule has 7 nitrogen and oxygen atoms in total. The fourth-order valence-electron chi connectivity index (χ4n) is 5.71. The molecule has 2 atom stereocenters. The van der Waals surface area contributed by atoms with Gasteiger partial charge in [0, 0.05) is 12.2 Å². The highest BCUT2D eigenvalue weighted by Crippen LogP contribution is 2.29. The maximum Gasteiger partial charge on any atom is 0.408 e. The van der Waals surface area contributed by atoms with E-state index in [1.54, 1.807) is 25.7 Å². The van der Waals surface area contributed by atoms with Crippen LogP contribution in [0.15, 0.2) is 60.7 Å². The zero-order valence-electron chi connectivity index (χ0n) is 28.5. The van der Waals surface area contributed by atoms with Gasteiger partial charge in [0.15, 0.2) is 0 Å². The first-order chi connectivity index (χ1) is 21.3. The van der Waals surface area contributed by atoms with E-state index in [0.717, 1.165) is 59.6 Å². The number of alkyl carbamates (subject to hydrolysis) is 1. The van der Waals surface area contributed by atoms with Crippen molar-refractivity contribution in [2.45, 2.75) is 112 Å². The Kier molecular flexibility index (Phi) is 13.0. The summed E-state index contributed by atoms with van der Waals surface area (Å²) >= 11 is 0. The minimum atomic E-state index is -0.899. The molecule has 0 aromatic heterocycles. The number of nitrogens with zero attached hydrogens (tertiary/aromatic N) is 1. The minimum absolute atomic E-state index is 0.117. The van der Waals surface area contributed by atoms with Gasteiger partial charge in [0.1, 0.15) is 17.7 Å². The number of carbonyl (C=O) groups excluding carboxylic acids is 3. The number of hydrogen-bond acceptors (Lipinski definition) is 4. The molecule has 0 aliphatic heterocycles. The summed E-state index contributed by atoms with van der Waals surface area (Å²) < 4.78 is 5.54. The SMILES string of the molecule is CCCCCCCN(C(=O)C(CC(C)C)NC(=O)OC(C)(C)C)C(C(=O)Nc1ccc2ccccc2c1)c1cc(C)cc(C)c1. The molecule has 0 saturated heterocycles. The van der Waals surface area contributed by atoms with Crippen LogP contribution >= 0.6 is 0 Å². The Morgan fingerprint density at radius 1 is 0.844 bits per heavy atom. The highest BCUT2D eigenvalue weighted by molar-refractivity contribution is 6.00. The molecule has 2 unspecified atom stereocenters. The molecule has 7 heteroatoms. The molecule has 0 bridgehead atoms. The van der Waals surface area contributed by atoms with Crippen LogP contribution in [0.5, 0.6) is 0 Å². The topological polar surface area (TPSA) is 87.7 Å². The second kappa shape index (κ2) is 16.4. The van der Waals surface area contributed by atoms with Crippen molar-refractivity contribution in [1.82, 2.24) is 10.2 Å². The van der Waals surface area contributed by atoms with E-state index in [-0.39, 0.29) is 17.7 Å². The highest BCUT2D eigenvalue weighted by Gasteiger charge is 2.36. The van der Waals surface area contributed by atoms with Crippen LogP contribution in [0, 0.1) is 19.8 Å². The van der Waals surface area contributed by atoms with Crippen molar-refractivity contribution in [3.05, 3.63) is 77.4 Å². The summed E-state index contributed by atoms with van der Waals surface area (Å²) in [6, 6.07) is 18.1. The van der Waals surface area contributed by atoms with Crippen LogP contribution in [0.3, 0.4) is 0 Å². The molecule has 0 saturated carbocycles. The number of carbonyl (C=O) groups is 3. The summed E-state index contributed by atoms with van der Waals surface area (Å²) in [6.07, 6.45) is 4.74. The Bertz CT molecular complexity index is 1420. The fourth-order valence-corrected chi connectivity index (χ4v) is 5.71. The molecule has 3 rings (SSSR count). The Balaban J connectivity index is 2.06. The number of fused-ring (bicyclic) bond motifs is 1. The smallest absolute Gasteiger partial charge is 0.408 e. The molecular formula is C38H53N3O4. The van der Waals surface area contributed by atoms with Gasteiger partial charge in [0.25, 0.3) is 5.91 Å². The molecule has 0 heterocycles. The van der Waals surface area contributed by atoms with E-state index in [9.17, 15) is 14.4 Å². The maximum absolute atomic E-state index is 14.6. The predicted octanol–water partition coefficient (Wildman–Crippen LogP) is 8.87. The monoisotopic (exact) mass is 615 g/mol. The standard InChI is InChI=1S/C38H53N3O4/c1-9-10-11-12-15-20-41(36(43)33(21-26(2)3)40-37(44)45-38(6,7)8)34(31-23-27(4)22-28(5)24-31)35(42)39-32-19-18-29-16-13-14-17-30(29)25-32/h13-14,16-19,22-26,33-34H,9-12,15,20-21H2,1-8H3,(H,39,42)(H,40,44). The summed E-state index contributed by atoms with van der Waals surface area (Å²) in [5, 5.41) is 8.07. The zero-order chi connectivity index (χ0) is 33.1. The predicted molar refractivity (Wildman–Crippen MR) is 184 cm³/mol. The van der Waals surface area contributed by atoms with Crippen LogP contribution in [-0.2, 0) is 14.3 Å². The lowest BCUT2D eigenvalue weighted by Gasteiger charge is -2.35. The number of amides is 3. The molecule has 3 amide bonds. The highest BCUT2D eigenvalue weighted by atomic mass is 16.6. The fraction of sp³-hybridized carbons (Fsp3) is 0.500. The number of hydrogen-bond donors (Lipinski definition) is 2. The lowest BCUT2D eigenvalue weighted by molar-refractivity contribution is -0.141. The van der Waals surface area contributed by atoms with Gasteiger partial charge in [-0.15, -0.1) is 0 Å². The van der Waals surface area contributed by atoms with Gasteiger partial charge in [-0.3, -0.25) is 9.59 Å². The van der Waals surface area contributed by atoms with Crippen molar-refractivity contribution >= 4 is 34.4 Å². The number of unbranched alkanes of at least 4 members (excludes halogenated alkanes) is 4. The molecule has 0 aliphatic carbocycles. The average Bonchev–Trinajstić information content (AvgIpc) is 2.94. The molecule has 45 heavy (non-hydrogen) atoms. The molecule has 0 spiro atoms. The van der Waals surface area contributed by atoms with Gasteiger partial charge < -0.3 is 20.3 Å². The van der Waals surface area contributed by atoms with Crippen LogP contribution in [-0.4, -0.2) is 41.0 Å². The second-order valence-electron chi connectivity index (χ2n) is 13.6. The molecule has 2 N–H and O–H groups in total. The Morgan fingerprint density at radius 2 is 1.49 bits per heavy atom. The van der Waals surface area contributed by atoms with E-state index in [1.165, 1.54) is 0 Å². The minimum Gasteiger partial charge on any atom is -0.444 e. The Hall–Kier alpha value is -3.87. The van der Waals surface area contributed by atoms with E-state index in [0.29, 0.717) is 18.7 Å². The van der Waals surface area contributed by atoms with Gasteiger partial charge in [-0.1, -0.05) is 106 Å². The number of aryl methyl sites for hydroxylation is 2. The van der Waals surface area contributed by atoms with Crippen LogP contribution in [0.25, 0.3) is 10.8 Å². The van der Waals surface area contributed by atoms with Gasteiger partial charge >= 0.3 is 6.09 Å². The normalized spacial score (nSPS) is 12.9. The Morgan fingerprint density at radius 3 is 2.11 bits per heavy atom. The number of benzene rings is 3. The van der Waals surface area contributed by atoms with E-state index in [1.807, 2.05) is 82.3 Å². The van der Waals surface area contributed by atoms with Crippen molar-refractivity contribution in [2.75, 3.05) is 11.9 Å². The molecular weight excluding hydrogens is 562 g/mol. The van der Waals surface area contributed by atoms with Crippen molar-refractivity contribution in [3.63, 3.8) is 0 Å². The van der Waals surface area contributed by atoms with Gasteiger partial charge in [-0.25, -0.2) is 4.79 Å². The number of anilines is 1. The second-order valence-corrected chi connectivity index (χ2v) is 13.6. The largest absolute Gasteiger partial charge is 0.444 e. The number of nitrogens with one attached hydrogen (secondary N) is 2. The van der Waals surface area contributed by atoms with Gasteiger partial charge in [0.2, 0.25) is 5.91 Å². The third-order valence-corrected chi connectivity index (χ3v) is 7.62. The maximum atomic E-state index is 14.6. The summed E-state index contributed by atoms with van der Waals surface area (Å²) in [6.45, 7) is 16.0.